The summed E-state index contributed by atoms with van der Waals surface area (Å²) >= 11 is 0. The summed E-state index contributed by atoms with van der Waals surface area (Å²) in [6.07, 6.45) is -0.923. The third kappa shape index (κ3) is 6.28. The Bertz CT molecular complexity index is 662. The highest BCUT2D eigenvalue weighted by Gasteiger charge is 2.22. The number of hydrogen-bond acceptors (Lipinski definition) is 8. The van der Waals surface area contributed by atoms with E-state index in [1.807, 2.05) is 13.8 Å². The molecule has 0 aliphatic heterocycles. The van der Waals surface area contributed by atoms with Gasteiger partial charge in [-0.25, -0.2) is 0 Å². The monoisotopic (exact) mass is 370 g/mol. The molecule has 0 saturated carbocycles. The fraction of sp³-hybridized carbons (Fsp3) is 0.562. The van der Waals surface area contributed by atoms with Crippen LogP contribution in [0.3, 0.4) is 0 Å². The second-order valence-electron chi connectivity index (χ2n) is 6.12. The summed E-state index contributed by atoms with van der Waals surface area (Å²) < 4.78 is 10.2. The number of aliphatic hydroxyl groups is 1. The van der Waals surface area contributed by atoms with Crippen molar-refractivity contribution in [2.24, 2.45) is 11.8 Å². The van der Waals surface area contributed by atoms with Crippen molar-refractivity contribution in [3.05, 3.63) is 38.4 Å². The number of non-ortho nitro benzene ring substituents is 1. The van der Waals surface area contributed by atoms with Gasteiger partial charge in [0, 0.05) is 12.5 Å². The lowest BCUT2D eigenvalue weighted by Gasteiger charge is -2.16. The molecule has 0 aliphatic rings. The van der Waals surface area contributed by atoms with Gasteiger partial charge in [0.2, 0.25) is 0 Å². The van der Waals surface area contributed by atoms with E-state index in [9.17, 15) is 30.1 Å². The molecule has 10 heteroatoms. The molecule has 144 valence electrons. The van der Waals surface area contributed by atoms with E-state index in [1.54, 1.807) is 6.92 Å². The zero-order valence-electron chi connectivity index (χ0n) is 14.8. The number of carbonyl (C=O) groups is 1. The average molecular weight is 370 g/mol. The molecule has 1 N–H and O–H groups in total. The summed E-state index contributed by atoms with van der Waals surface area (Å²) in [4.78, 5) is 31.8. The maximum atomic E-state index is 11.7. The number of esters is 1. The summed E-state index contributed by atoms with van der Waals surface area (Å²) in [6, 6.07) is 3.03. The van der Waals surface area contributed by atoms with Gasteiger partial charge in [0.05, 0.1) is 34.5 Å². The van der Waals surface area contributed by atoms with Crippen LogP contribution in [0.1, 0.15) is 27.2 Å². The molecule has 1 rings (SSSR count). The Morgan fingerprint density at radius 1 is 1.19 bits per heavy atom. The molecule has 26 heavy (non-hydrogen) atoms. The quantitative estimate of drug-likeness (QED) is 0.376. The zero-order chi connectivity index (χ0) is 19.9. The Kier molecular flexibility index (Phi) is 7.91. The minimum atomic E-state index is -0.990. The topological polar surface area (TPSA) is 142 Å². The van der Waals surface area contributed by atoms with Crippen molar-refractivity contribution in [1.29, 1.82) is 0 Å². The second kappa shape index (κ2) is 9.66. The number of nitro benzene ring substituents is 2. The Morgan fingerprint density at radius 3 is 2.38 bits per heavy atom. The molecule has 2 unspecified atom stereocenters. The van der Waals surface area contributed by atoms with Crippen LogP contribution in [0.15, 0.2) is 18.2 Å². The van der Waals surface area contributed by atoms with Gasteiger partial charge < -0.3 is 14.6 Å². The van der Waals surface area contributed by atoms with Gasteiger partial charge in [-0.3, -0.25) is 25.0 Å². The molecule has 0 heterocycles. The number of nitro groups is 2. The molecule has 1 aromatic carbocycles. The van der Waals surface area contributed by atoms with Crippen LogP contribution in [-0.2, 0) is 9.53 Å². The van der Waals surface area contributed by atoms with E-state index in [0.717, 1.165) is 18.2 Å². The third-order valence-electron chi connectivity index (χ3n) is 3.85. The van der Waals surface area contributed by atoms with E-state index in [-0.39, 0.29) is 37.2 Å². The van der Waals surface area contributed by atoms with Gasteiger partial charge in [-0.2, -0.15) is 0 Å². The molecule has 0 spiro atoms. The van der Waals surface area contributed by atoms with Crippen molar-refractivity contribution >= 4 is 17.3 Å². The molecule has 0 radical (unpaired) electrons. The molecule has 0 amide bonds. The predicted octanol–water partition coefficient (Wildman–Crippen LogP) is 2.47. The van der Waals surface area contributed by atoms with Crippen molar-refractivity contribution in [2.75, 3.05) is 13.2 Å². The van der Waals surface area contributed by atoms with Crippen LogP contribution >= 0.6 is 0 Å². The fourth-order valence-corrected chi connectivity index (χ4v) is 1.85. The van der Waals surface area contributed by atoms with Crippen LogP contribution in [0.5, 0.6) is 5.75 Å². The number of benzene rings is 1. The Hall–Kier alpha value is -2.75. The first-order valence-electron chi connectivity index (χ1n) is 8.03. The zero-order valence-corrected chi connectivity index (χ0v) is 14.8. The summed E-state index contributed by atoms with van der Waals surface area (Å²) in [5, 5.41) is 31.5. The first-order chi connectivity index (χ1) is 12.1. The lowest BCUT2D eigenvalue weighted by atomic mass is 9.99. The molecule has 0 fully saturated rings. The molecule has 10 nitrogen and oxygen atoms in total. The third-order valence-corrected chi connectivity index (χ3v) is 3.85. The van der Waals surface area contributed by atoms with E-state index < -0.39 is 33.3 Å². The van der Waals surface area contributed by atoms with Crippen LogP contribution < -0.4 is 4.74 Å². The van der Waals surface area contributed by atoms with E-state index in [1.165, 1.54) is 0 Å². The van der Waals surface area contributed by atoms with Crippen LogP contribution in [0.4, 0.5) is 11.4 Å². The Morgan fingerprint density at radius 2 is 1.85 bits per heavy atom. The van der Waals surface area contributed by atoms with Gasteiger partial charge in [-0.1, -0.05) is 20.8 Å². The molecule has 1 aromatic rings. The predicted molar refractivity (Wildman–Crippen MR) is 90.8 cm³/mol. The van der Waals surface area contributed by atoms with Gasteiger partial charge in [0.25, 0.3) is 5.69 Å². The summed E-state index contributed by atoms with van der Waals surface area (Å²) in [6.45, 7) is 5.20. The number of rotatable bonds is 10. The molecule has 0 saturated heterocycles. The second-order valence-corrected chi connectivity index (χ2v) is 6.12. The van der Waals surface area contributed by atoms with Crippen molar-refractivity contribution in [3.63, 3.8) is 0 Å². The lowest BCUT2D eigenvalue weighted by molar-refractivity contribution is -0.394. The number of aliphatic hydroxyl groups excluding tert-OH is 1. The molecular weight excluding hydrogens is 348 g/mol. The number of nitrogens with zero attached hydrogens (tertiary/aromatic N) is 2. The fourth-order valence-electron chi connectivity index (χ4n) is 1.85. The Labute approximate surface area is 150 Å². The van der Waals surface area contributed by atoms with Gasteiger partial charge in [-0.15, -0.1) is 0 Å². The minimum Gasteiger partial charge on any atom is -0.487 e. The standard InChI is InChI=1S/C16H22N2O8/c1-10(2)11(3)16(20)26-9-13(19)6-7-25-15-5-4-12(17(21)22)8-14(15)18(23)24/h4-5,8,10-11,13,19H,6-7,9H2,1-3H3. The van der Waals surface area contributed by atoms with Crippen LogP contribution in [0, 0.1) is 32.1 Å². The largest absolute Gasteiger partial charge is 0.487 e. The molecule has 0 bridgehead atoms. The first-order valence-corrected chi connectivity index (χ1v) is 8.03. The maximum Gasteiger partial charge on any atom is 0.317 e. The van der Waals surface area contributed by atoms with E-state index in [4.69, 9.17) is 9.47 Å². The van der Waals surface area contributed by atoms with Crippen LogP contribution in [0.2, 0.25) is 0 Å². The highest BCUT2D eigenvalue weighted by molar-refractivity contribution is 5.72. The molecular formula is C16H22N2O8. The minimum absolute atomic E-state index is 0.0669. The van der Waals surface area contributed by atoms with Crippen LogP contribution in [-0.4, -0.2) is 40.2 Å². The normalized spacial score (nSPS) is 13.1. The summed E-state index contributed by atoms with van der Waals surface area (Å²) in [7, 11) is 0. The molecule has 0 aliphatic carbocycles. The van der Waals surface area contributed by atoms with E-state index in [0.29, 0.717) is 0 Å². The SMILES string of the molecule is CC(C)C(C)C(=O)OCC(O)CCOc1ccc([N+](=O)[O-])cc1[N+](=O)[O-]. The van der Waals surface area contributed by atoms with Crippen molar-refractivity contribution in [2.45, 2.75) is 33.3 Å². The van der Waals surface area contributed by atoms with Crippen molar-refractivity contribution in [3.8, 4) is 5.75 Å². The maximum absolute atomic E-state index is 11.7. The molecule has 2 atom stereocenters. The van der Waals surface area contributed by atoms with Crippen molar-refractivity contribution < 1.29 is 29.2 Å². The summed E-state index contributed by atoms with van der Waals surface area (Å²) in [5.41, 5.74) is -0.957. The van der Waals surface area contributed by atoms with Gasteiger partial charge in [0.1, 0.15) is 6.61 Å². The van der Waals surface area contributed by atoms with Gasteiger partial charge in [0.15, 0.2) is 5.75 Å². The Balaban J connectivity index is 2.53. The van der Waals surface area contributed by atoms with Gasteiger partial charge >= 0.3 is 11.7 Å². The number of carbonyl (C=O) groups excluding carboxylic acids is 1. The highest BCUT2D eigenvalue weighted by atomic mass is 16.6. The highest BCUT2D eigenvalue weighted by Crippen LogP contribution is 2.31. The lowest BCUT2D eigenvalue weighted by Crippen LogP contribution is -2.25. The van der Waals surface area contributed by atoms with E-state index in [2.05, 4.69) is 0 Å². The smallest absolute Gasteiger partial charge is 0.317 e. The number of ether oxygens (including phenoxy) is 2. The van der Waals surface area contributed by atoms with E-state index >= 15 is 0 Å². The average Bonchev–Trinajstić information content (AvgIpc) is 2.58. The number of hydrogen-bond donors (Lipinski definition) is 1. The summed E-state index contributed by atoms with van der Waals surface area (Å²) in [5.74, 6) is -0.726. The molecule has 0 aromatic heterocycles. The van der Waals surface area contributed by atoms with Crippen LogP contribution in [0.25, 0.3) is 0 Å². The van der Waals surface area contributed by atoms with Crippen molar-refractivity contribution in [1.82, 2.24) is 0 Å². The van der Waals surface area contributed by atoms with Gasteiger partial charge in [-0.05, 0) is 12.0 Å². The first kappa shape index (κ1) is 21.3.